The minimum absolute atomic E-state index is 0.000710. The number of fused-ring (bicyclic) bond motifs is 1. The van der Waals surface area contributed by atoms with Crippen LogP contribution in [-0.4, -0.2) is 18.9 Å². The molecule has 1 aromatic carbocycles. The van der Waals surface area contributed by atoms with E-state index in [9.17, 15) is 14.0 Å². The Bertz CT molecular complexity index is 874. The molecule has 0 saturated heterocycles. The Balaban J connectivity index is 1.83. The van der Waals surface area contributed by atoms with Crippen LogP contribution in [0.2, 0.25) is 0 Å². The molecule has 118 valence electrons. The zero-order valence-electron chi connectivity index (χ0n) is 12.3. The summed E-state index contributed by atoms with van der Waals surface area (Å²) in [7, 11) is 1.27. The number of hydrogen-bond donors (Lipinski definition) is 0. The number of carbonyl (C=O) groups is 2. The molecule has 0 N–H and O–H groups in total. The highest BCUT2D eigenvalue weighted by Gasteiger charge is 2.16. The number of esters is 1. The molecule has 0 saturated carbocycles. The lowest BCUT2D eigenvalue weighted by Crippen LogP contribution is -2.05. The second-order valence-electron chi connectivity index (χ2n) is 4.99. The Morgan fingerprint density at radius 1 is 1.13 bits per heavy atom. The van der Waals surface area contributed by atoms with Gasteiger partial charge in [0.1, 0.15) is 11.4 Å². The quantitative estimate of drug-likeness (QED) is 0.526. The summed E-state index contributed by atoms with van der Waals surface area (Å²) >= 11 is 0. The van der Waals surface area contributed by atoms with Gasteiger partial charge in [0.25, 0.3) is 0 Å². The van der Waals surface area contributed by atoms with E-state index in [4.69, 9.17) is 8.83 Å². The van der Waals surface area contributed by atoms with Crippen LogP contribution in [0.25, 0.3) is 22.1 Å². The molecule has 23 heavy (non-hydrogen) atoms. The molecule has 3 aromatic rings. The summed E-state index contributed by atoms with van der Waals surface area (Å²) in [6.07, 6.45) is 2.92. The van der Waals surface area contributed by atoms with Crippen LogP contribution in [0.1, 0.15) is 23.4 Å². The number of Topliss-reactive ketones (excluding diaryl/α,β-unsaturated/α-hetero) is 1. The molecule has 0 spiro atoms. The van der Waals surface area contributed by atoms with Gasteiger partial charge in [-0.15, -0.1) is 0 Å². The van der Waals surface area contributed by atoms with Crippen molar-refractivity contribution in [2.45, 2.75) is 12.8 Å². The summed E-state index contributed by atoms with van der Waals surface area (Å²) in [6, 6.07) is 5.81. The van der Waals surface area contributed by atoms with Crippen molar-refractivity contribution in [3.8, 4) is 11.1 Å². The van der Waals surface area contributed by atoms with E-state index in [-0.39, 0.29) is 30.2 Å². The Kier molecular flexibility index (Phi) is 3.97. The first-order valence-corrected chi connectivity index (χ1v) is 6.94. The maximum Gasteiger partial charge on any atom is 0.305 e. The summed E-state index contributed by atoms with van der Waals surface area (Å²) in [5.74, 6) is -0.974. The predicted molar refractivity (Wildman–Crippen MR) is 79.5 cm³/mol. The van der Waals surface area contributed by atoms with Crippen molar-refractivity contribution >= 4 is 22.7 Å². The van der Waals surface area contributed by atoms with E-state index < -0.39 is 5.97 Å². The van der Waals surface area contributed by atoms with Gasteiger partial charge in [-0.1, -0.05) is 0 Å². The number of carbonyl (C=O) groups excluding carboxylic acids is 2. The molecule has 0 aliphatic heterocycles. The fourth-order valence-corrected chi connectivity index (χ4v) is 2.29. The second-order valence-corrected chi connectivity index (χ2v) is 4.99. The van der Waals surface area contributed by atoms with Crippen molar-refractivity contribution in [3.63, 3.8) is 0 Å². The molecular formula is C17H13FO5. The number of rotatable bonds is 5. The van der Waals surface area contributed by atoms with Crippen molar-refractivity contribution in [1.29, 1.82) is 0 Å². The molecular weight excluding hydrogens is 303 g/mol. The Labute approximate surface area is 130 Å². The first kappa shape index (κ1) is 15.0. The fraction of sp³-hybridized carbons (Fsp3) is 0.176. The summed E-state index contributed by atoms with van der Waals surface area (Å²) in [5, 5.41) is 0.723. The van der Waals surface area contributed by atoms with Crippen LogP contribution in [0.3, 0.4) is 0 Å². The van der Waals surface area contributed by atoms with Crippen LogP contribution in [0.4, 0.5) is 4.39 Å². The van der Waals surface area contributed by atoms with Crippen LogP contribution < -0.4 is 0 Å². The van der Waals surface area contributed by atoms with Crippen LogP contribution in [0, 0.1) is 5.82 Å². The molecule has 3 rings (SSSR count). The third-order valence-electron chi connectivity index (χ3n) is 3.51. The third kappa shape index (κ3) is 3.01. The van der Waals surface area contributed by atoms with Gasteiger partial charge in [-0.3, -0.25) is 9.59 Å². The third-order valence-corrected chi connectivity index (χ3v) is 3.51. The van der Waals surface area contributed by atoms with E-state index in [2.05, 4.69) is 4.74 Å². The number of methoxy groups -OCH3 is 1. The molecule has 0 aliphatic rings. The molecule has 0 amide bonds. The van der Waals surface area contributed by atoms with Gasteiger partial charge in [0, 0.05) is 29.0 Å². The smallest absolute Gasteiger partial charge is 0.305 e. The topological polar surface area (TPSA) is 69.7 Å². The number of ketones is 1. The van der Waals surface area contributed by atoms with Gasteiger partial charge in [-0.25, -0.2) is 4.39 Å². The van der Waals surface area contributed by atoms with E-state index in [1.165, 1.54) is 31.8 Å². The van der Waals surface area contributed by atoms with Gasteiger partial charge < -0.3 is 13.6 Å². The van der Waals surface area contributed by atoms with Gasteiger partial charge in [0.2, 0.25) is 0 Å². The highest BCUT2D eigenvalue weighted by atomic mass is 19.1. The zero-order chi connectivity index (χ0) is 16.4. The summed E-state index contributed by atoms with van der Waals surface area (Å²) in [5.41, 5.74) is 1.77. The van der Waals surface area contributed by atoms with Crippen LogP contribution in [0.5, 0.6) is 0 Å². The van der Waals surface area contributed by atoms with Gasteiger partial charge >= 0.3 is 5.97 Å². The lowest BCUT2D eigenvalue weighted by molar-refractivity contribution is -0.140. The Hall–Kier alpha value is -2.89. The van der Waals surface area contributed by atoms with E-state index in [1.807, 2.05) is 0 Å². The molecule has 0 aliphatic carbocycles. The first-order chi connectivity index (χ1) is 11.1. The maximum atomic E-state index is 13.2. The molecule has 0 fully saturated rings. The van der Waals surface area contributed by atoms with Crippen LogP contribution >= 0.6 is 0 Å². The lowest BCUT2D eigenvalue weighted by Gasteiger charge is -1.96. The minimum Gasteiger partial charge on any atom is -0.469 e. The number of halogens is 1. The van der Waals surface area contributed by atoms with Crippen molar-refractivity contribution in [2.75, 3.05) is 7.11 Å². The summed E-state index contributed by atoms with van der Waals surface area (Å²) in [6.45, 7) is 0. The molecule has 0 atom stereocenters. The monoisotopic (exact) mass is 316 g/mol. The maximum absolute atomic E-state index is 13.2. The van der Waals surface area contributed by atoms with E-state index in [0.29, 0.717) is 16.7 Å². The van der Waals surface area contributed by atoms with Crippen molar-refractivity contribution in [1.82, 2.24) is 0 Å². The first-order valence-electron chi connectivity index (χ1n) is 6.94. The SMILES string of the molecule is COC(=O)CCC(=O)c1cc(-c2coc3cc(F)ccc23)co1. The standard InChI is InChI=1S/C17H13FO5/c1-21-17(20)5-4-14(19)16-6-10(8-22-16)13-9-23-15-7-11(18)2-3-12(13)15/h2-3,6-9H,4-5H2,1H3. The van der Waals surface area contributed by atoms with E-state index in [1.54, 1.807) is 12.1 Å². The number of ether oxygens (including phenoxy) is 1. The summed E-state index contributed by atoms with van der Waals surface area (Å²) in [4.78, 5) is 23.0. The Morgan fingerprint density at radius 3 is 2.74 bits per heavy atom. The molecule has 0 radical (unpaired) electrons. The van der Waals surface area contributed by atoms with Crippen molar-refractivity contribution in [3.05, 3.63) is 48.4 Å². The zero-order valence-corrected chi connectivity index (χ0v) is 12.3. The highest BCUT2D eigenvalue weighted by molar-refractivity contribution is 5.98. The molecule has 5 nitrogen and oxygen atoms in total. The average Bonchev–Trinajstić information content (AvgIpc) is 3.18. The second kappa shape index (κ2) is 6.08. The van der Waals surface area contributed by atoms with Gasteiger partial charge in [-0.2, -0.15) is 0 Å². The largest absolute Gasteiger partial charge is 0.469 e. The molecule has 6 heteroatoms. The van der Waals surface area contributed by atoms with Crippen molar-refractivity contribution < 1.29 is 27.6 Å². The number of furan rings is 2. The van der Waals surface area contributed by atoms with Crippen LogP contribution in [-0.2, 0) is 9.53 Å². The average molecular weight is 316 g/mol. The summed E-state index contributed by atoms with van der Waals surface area (Å²) < 4.78 is 28.3. The molecule has 2 heterocycles. The van der Waals surface area contributed by atoms with E-state index in [0.717, 1.165) is 5.39 Å². The van der Waals surface area contributed by atoms with Crippen LogP contribution in [0.15, 0.2) is 45.6 Å². The molecule has 0 unspecified atom stereocenters. The fourth-order valence-electron chi connectivity index (χ4n) is 2.29. The predicted octanol–water partition coefficient (Wildman–Crippen LogP) is 3.97. The molecule has 2 aromatic heterocycles. The van der Waals surface area contributed by atoms with Gasteiger partial charge in [0.05, 0.1) is 26.1 Å². The lowest BCUT2D eigenvalue weighted by atomic mass is 10.1. The van der Waals surface area contributed by atoms with Gasteiger partial charge in [-0.05, 0) is 18.2 Å². The van der Waals surface area contributed by atoms with E-state index >= 15 is 0 Å². The molecule has 0 bridgehead atoms. The Morgan fingerprint density at radius 2 is 1.96 bits per heavy atom. The highest BCUT2D eigenvalue weighted by Crippen LogP contribution is 2.32. The minimum atomic E-state index is -0.451. The van der Waals surface area contributed by atoms with Gasteiger partial charge in [0.15, 0.2) is 11.5 Å². The normalized spacial score (nSPS) is 10.9. The van der Waals surface area contributed by atoms with Crippen molar-refractivity contribution in [2.24, 2.45) is 0 Å². The number of benzene rings is 1. The number of hydrogen-bond acceptors (Lipinski definition) is 5.